The molecule has 0 spiro atoms. The number of aromatic nitrogens is 6. The molecule has 4 aromatic rings. The van der Waals surface area contributed by atoms with Gasteiger partial charge in [0.15, 0.2) is 13.3 Å². The van der Waals surface area contributed by atoms with Crippen molar-refractivity contribution in [1.29, 1.82) is 0 Å². The van der Waals surface area contributed by atoms with Gasteiger partial charge in [-0.1, -0.05) is 34.7 Å². The molecular weight excluding hydrogens is 314 g/mol. The molecule has 0 aliphatic carbocycles. The molecule has 1 aliphatic heterocycles. The smallest absolute Gasteiger partial charge is 0.178 e. The summed E-state index contributed by atoms with van der Waals surface area (Å²) in [6, 6.07) is 16.3. The van der Waals surface area contributed by atoms with Crippen molar-refractivity contribution in [2.24, 2.45) is 0 Å². The third-order valence-corrected chi connectivity index (χ3v) is 5.22. The molecule has 5 rings (SSSR count). The topological polar surface area (TPSA) is 61.4 Å². The van der Waals surface area contributed by atoms with E-state index >= 15 is 0 Å². The van der Waals surface area contributed by atoms with E-state index in [1.165, 1.54) is 12.8 Å². The van der Waals surface area contributed by atoms with Gasteiger partial charge in [-0.3, -0.25) is 4.48 Å². The Morgan fingerprint density at radius 1 is 0.720 bits per heavy atom. The zero-order chi connectivity index (χ0) is 16.7. The minimum atomic E-state index is 0.814. The summed E-state index contributed by atoms with van der Waals surface area (Å²) in [6.07, 6.45) is 2.47. The summed E-state index contributed by atoms with van der Waals surface area (Å²) in [7, 11) is 0. The minimum Gasteiger partial charge on any atom is -0.286 e. The standard InChI is InChI=1S/C18H20N7/c1-3-9-17-15(7-1)19-21-23(17)13-25(11-5-6-12-25)14-24-18-10-4-2-8-16(18)20-22-24/h1-4,7-10H,5-6,11-14H2/q+1. The van der Waals surface area contributed by atoms with E-state index in [9.17, 15) is 0 Å². The van der Waals surface area contributed by atoms with Gasteiger partial charge in [0, 0.05) is 12.8 Å². The quantitative estimate of drug-likeness (QED) is 0.538. The molecule has 25 heavy (non-hydrogen) atoms. The van der Waals surface area contributed by atoms with E-state index in [1.54, 1.807) is 0 Å². The molecule has 1 aliphatic rings. The maximum atomic E-state index is 4.40. The average molecular weight is 334 g/mol. The van der Waals surface area contributed by atoms with Crippen LogP contribution in [0, 0.1) is 0 Å². The largest absolute Gasteiger partial charge is 0.286 e. The Kier molecular flexibility index (Phi) is 3.27. The Hall–Kier alpha value is -2.80. The van der Waals surface area contributed by atoms with Gasteiger partial charge < -0.3 is 0 Å². The fraction of sp³-hybridized carbons (Fsp3) is 0.333. The van der Waals surface area contributed by atoms with E-state index in [4.69, 9.17) is 0 Å². The Labute approximate surface area is 145 Å². The normalized spacial score (nSPS) is 16.8. The number of nitrogens with zero attached hydrogens (tertiary/aromatic N) is 7. The van der Waals surface area contributed by atoms with Gasteiger partial charge in [-0.15, -0.1) is 10.2 Å². The predicted octanol–water partition coefficient (Wildman–Crippen LogP) is 2.40. The fourth-order valence-electron chi connectivity index (χ4n) is 3.95. The van der Waals surface area contributed by atoms with Crippen molar-refractivity contribution in [1.82, 2.24) is 30.0 Å². The van der Waals surface area contributed by atoms with Gasteiger partial charge in [0.1, 0.15) is 11.0 Å². The van der Waals surface area contributed by atoms with Gasteiger partial charge in [0.05, 0.1) is 24.1 Å². The van der Waals surface area contributed by atoms with E-state index in [-0.39, 0.29) is 0 Å². The summed E-state index contributed by atoms with van der Waals surface area (Å²) in [5, 5.41) is 17.4. The first-order chi connectivity index (χ1) is 12.3. The Morgan fingerprint density at radius 3 is 1.72 bits per heavy atom. The SMILES string of the molecule is c1ccc2c(c1)nnn2C[N+]1(Cn2nnc3ccccc32)CCCC1. The van der Waals surface area contributed by atoms with Crippen molar-refractivity contribution >= 4 is 22.1 Å². The molecule has 0 radical (unpaired) electrons. The number of benzene rings is 2. The summed E-state index contributed by atoms with van der Waals surface area (Å²) >= 11 is 0. The second-order valence-corrected chi connectivity index (χ2v) is 6.93. The first-order valence-electron chi connectivity index (χ1n) is 8.75. The molecule has 3 heterocycles. The Morgan fingerprint density at radius 2 is 1.20 bits per heavy atom. The van der Waals surface area contributed by atoms with Gasteiger partial charge in [-0.2, -0.15) is 9.36 Å². The van der Waals surface area contributed by atoms with Crippen molar-refractivity contribution in [2.75, 3.05) is 13.1 Å². The number of hydrogen-bond acceptors (Lipinski definition) is 4. The van der Waals surface area contributed by atoms with Gasteiger partial charge in [-0.25, -0.2) is 0 Å². The minimum absolute atomic E-state index is 0.814. The summed E-state index contributed by atoms with van der Waals surface area (Å²) in [6.45, 7) is 3.88. The Balaban J connectivity index is 1.51. The summed E-state index contributed by atoms with van der Waals surface area (Å²) in [5.41, 5.74) is 4.09. The van der Waals surface area contributed by atoms with E-state index < -0.39 is 0 Å². The molecule has 1 fully saturated rings. The van der Waals surface area contributed by atoms with Crippen molar-refractivity contribution in [3.05, 3.63) is 48.5 Å². The van der Waals surface area contributed by atoms with Crippen molar-refractivity contribution in [3.8, 4) is 0 Å². The van der Waals surface area contributed by atoms with Crippen LogP contribution in [0.1, 0.15) is 12.8 Å². The third-order valence-electron chi connectivity index (χ3n) is 5.22. The summed E-state index contributed by atoms with van der Waals surface area (Å²) in [4.78, 5) is 0. The number of rotatable bonds is 4. The molecular formula is C18H20N7+. The summed E-state index contributed by atoms with van der Waals surface area (Å²) < 4.78 is 5.01. The number of likely N-dealkylation sites (tertiary alicyclic amines) is 1. The van der Waals surface area contributed by atoms with Gasteiger partial charge >= 0.3 is 0 Å². The number of fused-ring (bicyclic) bond motifs is 2. The van der Waals surface area contributed by atoms with Crippen LogP contribution in [0.4, 0.5) is 0 Å². The molecule has 0 saturated carbocycles. The highest BCUT2D eigenvalue weighted by molar-refractivity contribution is 5.74. The van der Waals surface area contributed by atoms with E-state index in [1.807, 2.05) is 45.8 Å². The first-order valence-corrected chi connectivity index (χ1v) is 8.75. The summed E-state index contributed by atoms with van der Waals surface area (Å²) in [5.74, 6) is 0. The molecule has 0 amide bonds. The number of hydrogen-bond donors (Lipinski definition) is 0. The highest BCUT2D eigenvalue weighted by Crippen LogP contribution is 2.25. The molecule has 126 valence electrons. The van der Waals surface area contributed by atoms with E-state index in [0.29, 0.717) is 0 Å². The molecule has 0 N–H and O–H groups in total. The van der Waals surface area contributed by atoms with Crippen LogP contribution in [0.15, 0.2) is 48.5 Å². The lowest BCUT2D eigenvalue weighted by Gasteiger charge is -2.33. The van der Waals surface area contributed by atoms with Crippen LogP contribution in [0.2, 0.25) is 0 Å². The molecule has 0 unspecified atom stereocenters. The van der Waals surface area contributed by atoms with Gasteiger partial charge in [0.25, 0.3) is 0 Å². The Bertz CT molecular complexity index is 948. The molecule has 7 heteroatoms. The zero-order valence-corrected chi connectivity index (χ0v) is 14.0. The number of para-hydroxylation sites is 2. The van der Waals surface area contributed by atoms with E-state index in [0.717, 1.165) is 53.0 Å². The van der Waals surface area contributed by atoms with Crippen LogP contribution in [0.25, 0.3) is 22.1 Å². The van der Waals surface area contributed by atoms with Crippen LogP contribution >= 0.6 is 0 Å². The maximum Gasteiger partial charge on any atom is 0.178 e. The molecule has 0 atom stereocenters. The van der Waals surface area contributed by atoms with Crippen LogP contribution in [0.3, 0.4) is 0 Å². The predicted molar refractivity (Wildman–Crippen MR) is 94.3 cm³/mol. The third kappa shape index (κ3) is 2.47. The second-order valence-electron chi connectivity index (χ2n) is 6.93. The lowest BCUT2D eigenvalue weighted by Crippen LogP contribution is -2.47. The van der Waals surface area contributed by atoms with E-state index in [2.05, 4.69) is 32.8 Å². The monoisotopic (exact) mass is 334 g/mol. The average Bonchev–Trinajstić information content (AvgIpc) is 3.37. The first kappa shape index (κ1) is 14.5. The zero-order valence-electron chi connectivity index (χ0n) is 14.0. The maximum absolute atomic E-state index is 4.40. The molecule has 2 aromatic heterocycles. The second kappa shape index (κ2) is 5.63. The fourth-order valence-corrected chi connectivity index (χ4v) is 3.95. The van der Waals surface area contributed by atoms with Gasteiger partial charge in [0.2, 0.25) is 0 Å². The van der Waals surface area contributed by atoms with Crippen LogP contribution < -0.4 is 0 Å². The highest BCUT2D eigenvalue weighted by Gasteiger charge is 2.34. The van der Waals surface area contributed by atoms with Crippen LogP contribution in [-0.4, -0.2) is 47.6 Å². The molecule has 0 bridgehead atoms. The van der Waals surface area contributed by atoms with Crippen molar-refractivity contribution in [2.45, 2.75) is 26.2 Å². The van der Waals surface area contributed by atoms with Crippen LogP contribution in [0.5, 0.6) is 0 Å². The number of quaternary nitrogens is 1. The lowest BCUT2D eigenvalue weighted by atomic mass is 10.3. The van der Waals surface area contributed by atoms with Crippen LogP contribution in [-0.2, 0) is 13.3 Å². The highest BCUT2D eigenvalue weighted by atomic mass is 15.6. The molecule has 7 nitrogen and oxygen atoms in total. The lowest BCUT2D eigenvalue weighted by molar-refractivity contribution is -0.959. The van der Waals surface area contributed by atoms with Crippen molar-refractivity contribution in [3.63, 3.8) is 0 Å². The van der Waals surface area contributed by atoms with Crippen molar-refractivity contribution < 1.29 is 4.48 Å². The molecule has 1 saturated heterocycles. The molecule has 2 aromatic carbocycles. The van der Waals surface area contributed by atoms with Gasteiger partial charge in [-0.05, 0) is 24.3 Å².